The average molecular weight is 415 g/mol. The SMILES string of the molecule is O=C(CNc1cccc(C(=O)N2CCCC2)c1)Nc1ccc(Oc2ccccc2)cc1. The molecule has 2 amide bonds. The maximum atomic E-state index is 12.5. The molecule has 0 spiro atoms. The van der Waals surface area contributed by atoms with Gasteiger partial charge in [0, 0.05) is 30.0 Å². The van der Waals surface area contributed by atoms with Gasteiger partial charge in [-0.1, -0.05) is 24.3 Å². The second-order valence-corrected chi connectivity index (χ2v) is 7.42. The number of hydrogen-bond acceptors (Lipinski definition) is 4. The Morgan fingerprint density at radius 2 is 1.52 bits per heavy atom. The number of anilines is 2. The van der Waals surface area contributed by atoms with Crippen molar-refractivity contribution in [2.45, 2.75) is 12.8 Å². The predicted octanol–water partition coefficient (Wildman–Crippen LogP) is 4.77. The first kappa shape index (κ1) is 20.5. The van der Waals surface area contributed by atoms with Gasteiger partial charge in [-0.2, -0.15) is 0 Å². The van der Waals surface area contributed by atoms with E-state index in [-0.39, 0.29) is 18.4 Å². The zero-order chi connectivity index (χ0) is 21.5. The molecule has 0 saturated carbocycles. The maximum Gasteiger partial charge on any atom is 0.253 e. The molecule has 2 N–H and O–H groups in total. The van der Waals surface area contributed by atoms with Crippen LogP contribution in [0.2, 0.25) is 0 Å². The van der Waals surface area contributed by atoms with E-state index in [1.807, 2.05) is 65.6 Å². The average Bonchev–Trinajstić information content (AvgIpc) is 3.34. The Balaban J connectivity index is 1.28. The van der Waals surface area contributed by atoms with Gasteiger partial charge >= 0.3 is 0 Å². The predicted molar refractivity (Wildman–Crippen MR) is 122 cm³/mol. The second kappa shape index (κ2) is 9.80. The van der Waals surface area contributed by atoms with Crippen LogP contribution in [-0.4, -0.2) is 36.3 Å². The molecule has 0 atom stereocenters. The van der Waals surface area contributed by atoms with Gasteiger partial charge in [0.15, 0.2) is 0 Å². The lowest BCUT2D eigenvalue weighted by Crippen LogP contribution is -2.27. The van der Waals surface area contributed by atoms with Gasteiger partial charge in [-0.25, -0.2) is 0 Å². The van der Waals surface area contributed by atoms with E-state index in [0.717, 1.165) is 37.4 Å². The van der Waals surface area contributed by atoms with Gasteiger partial charge in [0.05, 0.1) is 6.54 Å². The normalized spacial score (nSPS) is 13.0. The van der Waals surface area contributed by atoms with Gasteiger partial charge in [-0.3, -0.25) is 9.59 Å². The van der Waals surface area contributed by atoms with Crippen molar-refractivity contribution in [2.75, 3.05) is 30.3 Å². The van der Waals surface area contributed by atoms with Crippen LogP contribution in [0, 0.1) is 0 Å². The lowest BCUT2D eigenvalue weighted by Gasteiger charge is -2.16. The molecule has 3 aromatic rings. The van der Waals surface area contributed by atoms with E-state index in [9.17, 15) is 9.59 Å². The zero-order valence-corrected chi connectivity index (χ0v) is 17.2. The van der Waals surface area contributed by atoms with Crippen LogP contribution in [0.1, 0.15) is 23.2 Å². The molecule has 6 nitrogen and oxygen atoms in total. The first-order valence-corrected chi connectivity index (χ1v) is 10.4. The van der Waals surface area contributed by atoms with Crippen LogP contribution in [0.15, 0.2) is 78.9 Å². The number of carbonyl (C=O) groups is 2. The molecule has 0 radical (unpaired) electrons. The lowest BCUT2D eigenvalue weighted by molar-refractivity contribution is -0.114. The fourth-order valence-corrected chi connectivity index (χ4v) is 3.48. The Bertz CT molecular complexity index is 1030. The van der Waals surface area contributed by atoms with E-state index in [1.54, 1.807) is 18.2 Å². The molecule has 3 aromatic carbocycles. The van der Waals surface area contributed by atoms with Crippen LogP contribution in [0.3, 0.4) is 0 Å². The van der Waals surface area contributed by atoms with Gasteiger partial charge < -0.3 is 20.3 Å². The highest BCUT2D eigenvalue weighted by molar-refractivity contribution is 5.96. The highest BCUT2D eigenvalue weighted by atomic mass is 16.5. The molecule has 1 aliphatic rings. The molecule has 0 bridgehead atoms. The number of benzene rings is 3. The van der Waals surface area contributed by atoms with Crippen molar-refractivity contribution in [3.8, 4) is 11.5 Å². The first-order valence-electron chi connectivity index (χ1n) is 10.4. The zero-order valence-electron chi connectivity index (χ0n) is 17.2. The van der Waals surface area contributed by atoms with Crippen molar-refractivity contribution >= 4 is 23.2 Å². The monoisotopic (exact) mass is 415 g/mol. The molecule has 6 heteroatoms. The Hall–Kier alpha value is -3.80. The molecule has 0 aliphatic carbocycles. The Labute approximate surface area is 181 Å². The van der Waals surface area contributed by atoms with Gasteiger partial charge in [0.2, 0.25) is 5.91 Å². The number of para-hydroxylation sites is 1. The van der Waals surface area contributed by atoms with Crippen molar-refractivity contribution in [1.29, 1.82) is 0 Å². The Kier molecular flexibility index (Phi) is 6.47. The quantitative estimate of drug-likeness (QED) is 0.583. The topological polar surface area (TPSA) is 70.7 Å². The number of likely N-dealkylation sites (tertiary alicyclic amines) is 1. The van der Waals surface area contributed by atoms with Crippen molar-refractivity contribution in [2.24, 2.45) is 0 Å². The maximum absolute atomic E-state index is 12.5. The van der Waals surface area contributed by atoms with Crippen molar-refractivity contribution in [3.05, 3.63) is 84.4 Å². The minimum Gasteiger partial charge on any atom is -0.457 e. The summed E-state index contributed by atoms with van der Waals surface area (Å²) in [7, 11) is 0. The molecule has 0 aromatic heterocycles. The van der Waals surface area contributed by atoms with Crippen molar-refractivity contribution in [3.63, 3.8) is 0 Å². The molecule has 1 saturated heterocycles. The third kappa shape index (κ3) is 5.63. The summed E-state index contributed by atoms with van der Waals surface area (Å²) in [5, 5.41) is 5.94. The number of rotatable bonds is 7. The van der Waals surface area contributed by atoms with Crippen LogP contribution in [-0.2, 0) is 4.79 Å². The molecule has 31 heavy (non-hydrogen) atoms. The minimum absolute atomic E-state index is 0.0448. The number of hydrogen-bond donors (Lipinski definition) is 2. The molecule has 158 valence electrons. The molecular formula is C25H25N3O3. The Morgan fingerprint density at radius 1 is 0.806 bits per heavy atom. The van der Waals surface area contributed by atoms with Crippen LogP contribution >= 0.6 is 0 Å². The van der Waals surface area contributed by atoms with Crippen LogP contribution in [0.5, 0.6) is 11.5 Å². The first-order chi connectivity index (χ1) is 15.2. The van der Waals surface area contributed by atoms with E-state index in [2.05, 4.69) is 10.6 Å². The minimum atomic E-state index is -0.173. The van der Waals surface area contributed by atoms with Crippen LogP contribution in [0.25, 0.3) is 0 Å². The fraction of sp³-hybridized carbons (Fsp3) is 0.200. The number of ether oxygens (including phenoxy) is 1. The number of nitrogens with zero attached hydrogens (tertiary/aromatic N) is 1. The molecule has 1 heterocycles. The summed E-state index contributed by atoms with van der Waals surface area (Å²) in [5.41, 5.74) is 2.07. The lowest BCUT2D eigenvalue weighted by atomic mass is 10.1. The Morgan fingerprint density at radius 3 is 2.26 bits per heavy atom. The fourth-order valence-electron chi connectivity index (χ4n) is 3.48. The van der Waals surface area contributed by atoms with E-state index in [0.29, 0.717) is 17.0 Å². The smallest absolute Gasteiger partial charge is 0.253 e. The summed E-state index contributed by atoms with van der Waals surface area (Å²) in [5.74, 6) is 1.33. The number of nitrogens with one attached hydrogen (secondary N) is 2. The summed E-state index contributed by atoms with van der Waals surface area (Å²) in [4.78, 5) is 26.7. The third-order valence-corrected chi connectivity index (χ3v) is 5.07. The summed E-state index contributed by atoms with van der Waals surface area (Å²) < 4.78 is 5.75. The van der Waals surface area contributed by atoms with E-state index in [1.165, 1.54) is 0 Å². The van der Waals surface area contributed by atoms with Gasteiger partial charge in [-0.15, -0.1) is 0 Å². The van der Waals surface area contributed by atoms with Crippen LogP contribution < -0.4 is 15.4 Å². The van der Waals surface area contributed by atoms with E-state index in [4.69, 9.17) is 4.74 Å². The van der Waals surface area contributed by atoms with Crippen molar-refractivity contribution < 1.29 is 14.3 Å². The van der Waals surface area contributed by atoms with Crippen molar-refractivity contribution in [1.82, 2.24) is 4.90 Å². The molecule has 1 aliphatic heterocycles. The van der Waals surface area contributed by atoms with Crippen LogP contribution in [0.4, 0.5) is 11.4 Å². The summed E-state index contributed by atoms with van der Waals surface area (Å²) >= 11 is 0. The number of amides is 2. The van der Waals surface area contributed by atoms with E-state index >= 15 is 0 Å². The van der Waals surface area contributed by atoms with Gasteiger partial charge in [0.25, 0.3) is 5.91 Å². The van der Waals surface area contributed by atoms with Gasteiger partial charge in [0.1, 0.15) is 11.5 Å². The highest BCUT2D eigenvalue weighted by Crippen LogP contribution is 2.22. The summed E-state index contributed by atoms with van der Waals surface area (Å²) in [6, 6.07) is 24.0. The highest BCUT2D eigenvalue weighted by Gasteiger charge is 2.19. The molecule has 1 fully saturated rings. The number of carbonyl (C=O) groups excluding carboxylic acids is 2. The molecule has 0 unspecified atom stereocenters. The standard InChI is InChI=1S/C25H25N3O3/c29-24(27-20-11-13-23(14-12-20)31-22-9-2-1-3-10-22)18-26-21-8-6-7-19(17-21)25(30)28-15-4-5-16-28/h1-3,6-14,17,26H,4-5,15-16,18H2,(H,27,29). The van der Waals surface area contributed by atoms with Gasteiger partial charge in [-0.05, 0) is 67.4 Å². The molecular weight excluding hydrogens is 390 g/mol. The summed E-state index contributed by atoms with van der Waals surface area (Å²) in [6.07, 6.45) is 2.12. The molecule has 4 rings (SSSR count). The largest absolute Gasteiger partial charge is 0.457 e. The summed E-state index contributed by atoms with van der Waals surface area (Å²) in [6.45, 7) is 1.73. The third-order valence-electron chi connectivity index (χ3n) is 5.07. The van der Waals surface area contributed by atoms with E-state index < -0.39 is 0 Å². The second-order valence-electron chi connectivity index (χ2n) is 7.42.